The number of hydrogen-bond donors (Lipinski definition) is 1. The van der Waals surface area contributed by atoms with Crippen LogP contribution in [-0.2, 0) is 6.54 Å². The molecule has 0 spiro atoms. The number of hydrogen-bond acceptors (Lipinski definition) is 3. The molecule has 21 heavy (non-hydrogen) atoms. The average Bonchev–Trinajstić information content (AvgIpc) is 2.81. The molecule has 0 aliphatic carbocycles. The van der Waals surface area contributed by atoms with Crippen LogP contribution >= 0.6 is 0 Å². The molecule has 1 aromatic carbocycles. The summed E-state index contributed by atoms with van der Waals surface area (Å²) in [6, 6.07) is 5.58. The minimum Gasteiger partial charge on any atom is -0.408 e. The maximum atomic E-state index is 11.7. The van der Waals surface area contributed by atoms with Crippen molar-refractivity contribution >= 4 is 11.1 Å². The van der Waals surface area contributed by atoms with Gasteiger partial charge in [-0.3, -0.25) is 4.57 Å². The zero-order chi connectivity index (χ0) is 15.4. The fraction of sp³-hybridized carbons (Fsp3) is 0.588. The van der Waals surface area contributed by atoms with Crippen molar-refractivity contribution in [2.45, 2.75) is 59.1 Å². The van der Waals surface area contributed by atoms with E-state index in [1.54, 1.807) is 4.57 Å². The van der Waals surface area contributed by atoms with E-state index in [4.69, 9.17) is 4.42 Å². The largest absolute Gasteiger partial charge is 0.419 e. The zero-order valence-corrected chi connectivity index (χ0v) is 13.1. The second-order valence-corrected chi connectivity index (χ2v) is 5.59. The molecule has 116 valence electrons. The van der Waals surface area contributed by atoms with E-state index in [2.05, 4.69) is 13.8 Å². The van der Waals surface area contributed by atoms with Gasteiger partial charge < -0.3 is 9.52 Å². The minimum atomic E-state index is -0.499. The maximum Gasteiger partial charge on any atom is 0.419 e. The molecule has 4 heteroatoms. The highest BCUT2D eigenvalue weighted by Gasteiger charge is 2.20. The summed E-state index contributed by atoms with van der Waals surface area (Å²) in [5, 5.41) is 10.6. The minimum absolute atomic E-state index is 0.252. The molecule has 2 rings (SSSR count). The predicted molar refractivity (Wildman–Crippen MR) is 84.4 cm³/mol. The molecule has 1 N–H and O–H groups in total. The van der Waals surface area contributed by atoms with Crippen LogP contribution in [0.2, 0.25) is 0 Å². The number of aliphatic hydroxyl groups is 1. The van der Waals surface area contributed by atoms with Crippen LogP contribution in [0, 0.1) is 5.92 Å². The molecule has 0 saturated carbocycles. The van der Waals surface area contributed by atoms with Gasteiger partial charge in [0.2, 0.25) is 0 Å². The number of aliphatic hydroxyl groups excluding tert-OH is 1. The second-order valence-electron chi connectivity index (χ2n) is 5.59. The first-order valence-corrected chi connectivity index (χ1v) is 7.93. The Bertz CT molecular complexity index is 641. The number of nitrogens with zero attached hydrogens (tertiary/aromatic N) is 1. The third-order valence-corrected chi connectivity index (χ3v) is 4.25. The third kappa shape index (κ3) is 3.21. The summed E-state index contributed by atoms with van der Waals surface area (Å²) >= 11 is 0. The smallest absolute Gasteiger partial charge is 0.408 e. The Kier molecular flexibility index (Phi) is 5.23. The highest BCUT2D eigenvalue weighted by molar-refractivity contribution is 5.73. The van der Waals surface area contributed by atoms with Gasteiger partial charge in [0.05, 0.1) is 11.6 Å². The van der Waals surface area contributed by atoms with Gasteiger partial charge in [0.1, 0.15) is 0 Å². The molecule has 0 saturated heterocycles. The van der Waals surface area contributed by atoms with E-state index < -0.39 is 6.10 Å². The summed E-state index contributed by atoms with van der Waals surface area (Å²) in [5.41, 5.74) is 2.19. The molecule has 2 atom stereocenters. The quantitative estimate of drug-likeness (QED) is 0.842. The van der Waals surface area contributed by atoms with E-state index in [0.29, 0.717) is 12.1 Å². The Morgan fingerprint density at radius 3 is 2.67 bits per heavy atom. The van der Waals surface area contributed by atoms with E-state index in [9.17, 15) is 9.90 Å². The highest BCUT2D eigenvalue weighted by Crippen LogP contribution is 2.30. The first-order chi connectivity index (χ1) is 10.1. The van der Waals surface area contributed by atoms with Crippen LogP contribution in [0.5, 0.6) is 0 Å². The van der Waals surface area contributed by atoms with E-state index in [1.807, 2.05) is 25.1 Å². The number of oxazole rings is 1. The van der Waals surface area contributed by atoms with Crippen molar-refractivity contribution in [1.82, 2.24) is 4.57 Å². The molecule has 0 amide bonds. The van der Waals surface area contributed by atoms with Crippen LogP contribution in [-0.4, -0.2) is 9.67 Å². The van der Waals surface area contributed by atoms with Gasteiger partial charge in [0.15, 0.2) is 5.58 Å². The lowest BCUT2D eigenvalue weighted by Crippen LogP contribution is -2.12. The van der Waals surface area contributed by atoms with Crippen LogP contribution in [0.1, 0.15) is 58.1 Å². The molecular weight excluding hydrogens is 266 g/mol. The van der Waals surface area contributed by atoms with E-state index in [0.717, 1.165) is 36.8 Å². The molecule has 0 radical (unpaired) electrons. The molecule has 0 aliphatic heterocycles. The SMILES string of the molecule is CCCCC(CC)C(O)c1ccc2c(c1)oc(=O)n2CC. The number of benzene rings is 1. The number of aromatic nitrogens is 1. The Morgan fingerprint density at radius 2 is 2.05 bits per heavy atom. The van der Waals surface area contributed by atoms with Crippen molar-refractivity contribution in [3.8, 4) is 0 Å². The molecule has 0 fully saturated rings. The van der Waals surface area contributed by atoms with Gasteiger partial charge in [0, 0.05) is 6.54 Å². The predicted octanol–water partition coefficient (Wildman–Crippen LogP) is 3.86. The Morgan fingerprint density at radius 1 is 1.29 bits per heavy atom. The zero-order valence-electron chi connectivity index (χ0n) is 13.1. The van der Waals surface area contributed by atoms with Crippen LogP contribution in [0.3, 0.4) is 0 Å². The monoisotopic (exact) mass is 291 g/mol. The molecule has 0 aliphatic rings. The van der Waals surface area contributed by atoms with Gasteiger partial charge in [-0.2, -0.15) is 0 Å². The lowest BCUT2D eigenvalue weighted by molar-refractivity contribution is 0.0990. The number of rotatable bonds is 7. The average molecular weight is 291 g/mol. The van der Waals surface area contributed by atoms with Gasteiger partial charge in [-0.15, -0.1) is 0 Å². The molecule has 2 aromatic rings. The van der Waals surface area contributed by atoms with Crippen LogP contribution in [0.25, 0.3) is 11.1 Å². The molecule has 2 unspecified atom stereocenters. The van der Waals surface area contributed by atoms with Crippen molar-refractivity contribution < 1.29 is 9.52 Å². The maximum absolute atomic E-state index is 11.7. The third-order valence-electron chi connectivity index (χ3n) is 4.25. The fourth-order valence-electron chi connectivity index (χ4n) is 2.89. The number of fused-ring (bicyclic) bond motifs is 1. The van der Waals surface area contributed by atoms with E-state index >= 15 is 0 Å². The van der Waals surface area contributed by atoms with E-state index in [-0.39, 0.29) is 11.7 Å². The molecule has 1 aromatic heterocycles. The first kappa shape index (κ1) is 15.8. The standard InChI is InChI=1S/C17H25NO3/c1-4-7-8-12(5-2)16(19)13-9-10-14-15(11-13)21-17(20)18(14)6-3/h9-12,16,19H,4-8H2,1-3H3. The van der Waals surface area contributed by atoms with Gasteiger partial charge in [0.25, 0.3) is 0 Å². The van der Waals surface area contributed by atoms with Crippen molar-refractivity contribution in [1.29, 1.82) is 0 Å². The molecule has 4 nitrogen and oxygen atoms in total. The summed E-state index contributed by atoms with van der Waals surface area (Å²) in [6.45, 7) is 6.77. The molecular formula is C17H25NO3. The Labute approximate surface area is 125 Å². The van der Waals surface area contributed by atoms with Gasteiger partial charge in [-0.1, -0.05) is 39.2 Å². The summed E-state index contributed by atoms with van der Waals surface area (Å²) in [7, 11) is 0. The van der Waals surface area contributed by atoms with E-state index in [1.165, 1.54) is 0 Å². The number of aryl methyl sites for hydroxylation is 1. The lowest BCUT2D eigenvalue weighted by atomic mass is 9.89. The van der Waals surface area contributed by atoms with Crippen LogP contribution in [0.4, 0.5) is 0 Å². The number of unbranched alkanes of at least 4 members (excludes halogenated alkanes) is 1. The Balaban J connectivity index is 2.31. The van der Waals surface area contributed by atoms with Gasteiger partial charge in [-0.05, 0) is 37.0 Å². The van der Waals surface area contributed by atoms with Crippen molar-refractivity contribution in [2.24, 2.45) is 5.92 Å². The van der Waals surface area contributed by atoms with Gasteiger partial charge >= 0.3 is 5.76 Å². The highest BCUT2D eigenvalue weighted by atomic mass is 16.4. The molecule has 1 heterocycles. The summed E-state index contributed by atoms with van der Waals surface area (Å²) in [4.78, 5) is 11.7. The normalized spacial score (nSPS) is 14.5. The van der Waals surface area contributed by atoms with Crippen molar-refractivity contribution in [3.05, 3.63) is 34.3 Å². The fourth-order valence-corrected chi connectivity index (χ4v) is 2.89. The van der Waals surface area contributed by atoms with Crippen molar-refractivity contribution in [2.75, 3.05) is 0 Å². The first-order valence-electron chi connectivity index (χ1n) is 7.93. The van der Waals surface area contributed by atoms with Crippen LogP contribution < -0.4 is 5.76 Å². The van der Waals surface area contributed by atoms with Crippen molar-refractivity contribution in [3.63, 3.8) is 0 Å². The summed E-state index contributed by atoms with van der Waals surface area (Å²) < 4.78 is 6.87. The topological polar surface area (TPSA) is 55.4 Å². The van der Waals surface area contributed by atoms with Crippen LogP contribution in [0.15, 0.2) is 27.4 Å². The van der Waals surface area contributed by atoms with Gasteiger partial charge in [-0.25, -0.2) is 4.79 Å². The second kappa shape index (κ2) is 6.94. The summed E-state index contributed by atoms with van der Waals surface area (Å²) in [6.07, 6.45) is 3.72. The lowest BCUT2D eigenvalue weighted by Gasteiger charge is -2.21. The molecule has 0 bridgehead atoms. The summed E-state index contributed by atoms with van der Waals surface area (Å²) in [5.74, 6) is -0.0838. The Hall–Kier alpha value is -1.55.